The molecule has 3 rings (SSSR count). The van der Waals surface area contributed by atoms with E-state index in [2.05, 4.69) is 34.0 Å². The summed E-state index contributed by atoms with van der Waals surface area (Å²) in [7, 11) is 0. The van der Waals surface area contributed by atoms with Crippen molar-refractivity contribution in [3.8, 4) is 22.9 Å². The molecule has 152 valence electrons. The molecule has 0 atom stereocenters. The number of rotatable bonds is 4. The number of carbonyl (C=O) groups excluding carboxylic acids is 1. The van der Waals surface area contributed by atoms with Gasteiger partial charge in [0.1, 0.15) is 5.75 Å². The van der Waals surface area contributed by atoms with Crippen molar-refractivity contribution in [2.24, 2.45) is 0 Å². The summed E-state index contributed by atoms with van der Waals surface area (Å²) in [4.78, 5) is 12.9. The lowest BCUT2D eigenvalue weighted by molar-refractivity contribution is 0.102. The first-order valence-corrected chi connectivity index (χ1v) is 11.6. The quantitative estimate of drug-likeness (QED) is 0.290. The van der Waals surface area contributed by atoms with Crippen molar-refractivity contribution in [1.29, 1.82) is 5.26 Å². The summed E-state index contributed by atoms with van der Waals surface area (Å²) >= 11 is 16.6. The fourth-order valence-electron chi connectivity index (χ4n) is 3.09. The number of nitriles is 1. The first-order valence-electron chi connectivity index (χ1n) is 8.67. The Morgan fingerprint density at radius 2 is 1.83 bits per heavy atom. The van der Waals surface area contributed by atoms with Crippen LogP contribution in [0, 0.1) is 25.4 Å². The highest BCUT2D eigenvalue weighted by Crippen LogP contribution is 2.38. The fraction of sp³-hybridized carbons (Fsp3) is 0.0909. The van der Waals surface area contributed by atoms with Crippen LogP contribution in [0.4, 0.5) is 5.69 Å². The zero-order chi connectivity index (χ0) is 22.0. The molecule has 30 heavy (non-hydrogen) atoms. The van der Waals surface area contributed by atoms with Gasteiger partial charge in [0.05, 0.1) is 26.6 Å². The van der Waals surface area contributed by atoms with Crippen molar-refractivity contribution >= 4 is 80.0 Å². The van der Waals surface area contributed by atoms with Gasteiger partial charge in [0.15, 0.2) is 0 Å². The maximum absolute atomic E-state index is 12.9. The van der Waals surface area contributed by atoms with E-state index in [0.717, 1.165) is 25.8 Å². The number of hydrogen-bond donors (Lipinski definition) is 2. The molecule has 0 aliphatic heterocycles. The summed E-state index contributed by atoms with van der Waals surface area (Å²) < 4.78 is 1.42. The number of phenolic OH excluding ortho intramolecular Hbond substituents is 1. The third-order valence-corrected chi connectivity index (χ3v) is 6.57. The van der Waals surface area contributed by atoms with Crippen LogP contribution in [0.15, 0.2) is 42.5 Å². The lowest BCUT2D eigenvalue weighted by Gasteiger charge is -2.18. The SMILES string of the molecule is Cc1c(NC(=O)c2cc(I)cc(I)c2O)cc(Cl)c(-c2ccc(Cl)cc2)c1CC#N. The molecule has 2 N–H and O–H groups in total. The van der Waals surface area contributed by atoms with Gasteiger partial charge in [-0.2, -0.15) is 5.26 Å². The predicted molar refractivity (Wildman–Crippen MR) is 137 cm³/mol. The summed E-state index contributed by atoms with van der Waals surface area (Å²) in [5.74, 6) is -0.530. The van der Waals surface area contributed by atoms with E-state index in [0.29, 0.717) is 19.3 Å². The first kappa shape index (κ1) is 23.1. The molecule has 0 aliphatic carbocycles. The third-order valence-electron chi connectivity index (χ3n) is 4.58. The van der Waals surface area contributed by atoms with Crippen LogP contribution in [-0.2, 0) is 6.42 Å². The number of nitrogens with one attached hydrogen (secondary N) is 1. The number of aromatic hydroxyl groups is 1. The largest absolute Gasteiger partial charge is 0.506 e. The summed E-state index contributed by atoms with van der Waals surface area (Å²) in [5, 5.41) is 23.5. The lowest BCUT2D eigenvalue weighted by atomic mass is 9.92. The molecule has 0 radical (unpaired) electrons. The van der Waals surface area contributed by atoms with Crippen molar-refractivity contribution in [1.82, 2.24) is 0 Å². The number of amides is 1. The zero-order valence-electron chi connectivity index (χ0n) is 15.6. The Kier molecular flexibility index (Phi) is 7.50. The zero-order valence-corrected chi connectivity index (χ0v) is 21.4. The van der Waals surface area contributed by atoms with Crippen LogP contribution in [0.3, 0.4) is 0 Å². The van der Waals surface area contributed by atoms with Gasteiger partial charge in [-0.3, -0.25) is 4.79 Å². The Balaban J connectivity index is 2.08. The second-order valence-electron chi connectivity index (χ2n) is 6.46. The Hall–Kier alpha value is -1.54. The van der Waals surface area contributed by atoms with E-state index < -0.39 is 5.91 Å². The lowest BCUT2D eigenvalue weighted by Crippen LogP contribution is -2.14. The highest BCUT2D eigenvalue weighted by Gasteiger charge is 2.20. The van der Waals surface area contributed by atoms with Gasteiger partial charge >= 0.3 is 0 Å². The van der Waals surface area contributed by atoms with E-state index in [9.17, 15) is 15.2 Å². The number of phenols is 1. The summed E-state index contributed by atoms with van der Waals surface area (Å²) in [5.41, 5.74) is 3.69. The molecule has 0 aromatic heterocycles. The molecule has 3 aromatic rings. The van der Waals surface area contributed by atoms with Crippen LogP contribution in [-0.4, -0.2) is 11.0 Å². The highest BCUT2D eigenvalue weighted by molar-refractivity contribution is 14.1. The number of nitrogens with zero attached hydrogens (tertiary/aromatic N) is 1. The molecule has 0 spiro atoms. The van der Waals surface area contributed by atoms with Crippen LogP contribution in [0.25, 0.3) is 11.1 Å². The van der Waals surface area contributed by atoms with Gasteiger partial charge in [-0.05, 0) is 99.1 Å². The second kappa shape index (κ2) is 9.73. The molecular formula is C22H14Cl2I2N2O2. The van der Waals surface area contributed by atoms with Gasteiger partial charge in [-0.25, -0.2) is 0 Å². The number of hydrogen-bond acceptors (Lipinski definition) is 3. The van der Waals surface area contributed by atoms with E-state index in [1.165, 1.54) is 0 Å². The van der Waals surface area contributed by atoms with Gasteiger partial charge in [0.25, 0.3) is 5.91 Å². The maximum atomic E-state index is 12.9. The van der Waals surface area contributed by atoms with Gasteiger partial charge < -0.3 is 10.4 Å². The molecule has 4 nitrogen and oxygen atoms in total. The fourth-order valence-corrected chi connectivity index (χ4v) is 5.39. The number of anilines is 1. The molecule has 3 aromatic carbocycles. The van der Waals surface area contributed by atoms with Crippen LogP contribution in [0.5, 0.6) is 5.75 Å². The molecule has 0 saturated carbocycles. The van der Waals surface area contributed by atoms with E-state index in [4.69, 9.17) is 23.2 Å². The number of halogens is 4. The highest BCUT2D eigenvalue weighted by atomic mass is 127. The topological polar surface area (TPSA) is 73.1 Å². The van der Waals surface area contributed by atoms with E-state index in [1.54, 1.807) is 30.3 Å². The molecule has 0 aliphatic rings. The Bertz CT molecular complexity index is 1190. The van der Waals surface area contributed by atoms with Gasteiger partial charge in [0.2, 0.25) is 0 Å². The van der Waals surface area contributed by atoms with Gasteiger partial charge in [-0.15, -0.1) is 0 Å². The Morgan fingerprint density at radius 3 is 2.47 bits per heavy atom. The normalized spacial score (nSPS) is 10.5. The van der Waals surface area contributed by atoms with Gasteiger partial charge in [0, 0.05) is 19.8 Å². The average Bonchev–Trinajstić information content (AvgIpc) is 2.69. The van der Waals surface area contributed by atoms with Crippen molar-refractivity contribution in [2.75, 3.05) is 5.32 Å². The van der Waals surface area contributed by atoms with E-state index in [1.807, 2.05) is 41.6 Å². The molecule has 0 fully saturated rings. The molecule has 0 bridgehead atoms. The summed E-state index contributed by atoms with van der Waals surface area (Å²) in [6.45, 7) is 1.83. The average molecular weight is 663 g/mol. The minimum atomic E-state index is -0.453. The van der Waals surface area contributed by atoms with Crippen molar-refractivity contribution < 1.29 is 9.90 Å². The van der Waals surface area contributed by atoms with Gasteiger partial charge in [-0.1, -0.05) is 35.3 Å². The third kappa shape index (κ3) is 4.85. The Labute approximate surface area is 211 Å². The standard InChI is InChI=1S/C22H14Cl2I2N2O2/c1-11-15(6-7-27)20(12-2-4-13(23)5-3-12)17(24)10-19(11)28-22(30)16-8-14(25)9-18(26)21(16)29/h2-5,8-10,29H,6H2,1H3,(H,28,30). The van der Waals surface area contributed by atoms with E-state index in [-0.39, 0.29) is 17.7 Å². The van der Waals surface area contributed by atoms with E-state index >= 15 is 0 Å². The van der Waals surface area contributed by atoms with Crippen LogP contribution in [0.1, 0.15) is 21.5 Å². The molecule has 0 heterocycles. The predicted octanol–water partition coefficient (Wildman–Crippen LogP) is 7.20. The van der Waals surface area contributed by atoms with Crippen LogP contribution in [0.2, 0.25) is 10.0 Å². The first-order chi connectivity index (χ1) is 14.2. The monoisotopic (exact) mass is 662 g/mol. The Morgan fingerprint density at radius 1 is 1.17 bits per heavy atom. The van der Waals surface area contributed by atoms with Crippen molar-refractivity contribution in [2.45, 2.75) is 13.3 Å². The number of benzene rings is 3. The van der Waals surface area contributed by atoms with Crippen molar-refractivity contribution in [3.05, 3.63) is 76.3 Å². The number of carbonyl (C=O) groups is 1. The summed E-state index contributed by atoms with van der Waals surface area (Å²) in [6.07, 6.45) is 0.125. The molecule has 1 amide bonds. The second-order valence-corrected chi connectivity index (χ2v) is 9.72. The molecule has 0 saturated heterocycles. The maximum Gasteiger partial charge on any atom is 0.259 e. The molecule has 8 heteroatoms. The van der Waals surface area contributed by atoms with Crippen molar-refractivity contribution in [3.63, 3.8) is 0 Å². The van der Waals surface area contributed by atoms with Crippen LogP contribution >= 0.6 is 68.4 Å². The molecular weight excluding hydrogens is 649 g/mol. The summed E-state index contributed by atoms with van der Waals surface area (Å²) in [6, 6.07) is 14.4. The smallest absolute Gasteiger partial charge is 0.259 e. The van der Waals surface area contributed by atoms with Crippen LogP contribution < -0.4 is 5.32 Å². The molecule has 0 unspecified atom stereocenters. The minimum Gasteiger partial charge on any atom is -0.506 e. The minimum absolute atomic E-state index is 0.0766.